The molecular formula is C38H71N5O10. The normalized spacial score (nSPS) is 15.3. The van der Waals surface area contributed by atoms with Gasteiger partial charge in [-0.25, -0.2) is 0 Å². The van der Waals surface area contributed by atoms with E-state index in [9.17, 15) is 33.9 Å². The van der Waals surface area contributed by atoms with Crippen LogP contribution in [-0.2, 0) is 38.2 Å². The highest BCUT2D eigenvalue weighted by Crippen LogP contribution is 2.22. The van der Waals surface area contributed by atoms with E-state index in [0.29, 0.717) is 19.3 Å². The number of nitrogens with zero attached hydrogens (tertiary/aromatic N) is 1. The van der Waals surface area contributed by atoms with Crippen LogP contribution in [0.25, 0.3) is 0 Å². The van der Waals surface area contributed by atoms with Crippen LogP contribution in [0.3, 0.4) is 0 Å². The summed E-state index contributed by atoms with van der Waals surface area (Å²) in [5.41, 5.74) is 5.29. The van der Waals surface area contributed by atoms with Crippen molar-refractivity contribution in [1.82, 2.24) is 20.9 Å². The van der Waals surface area contributed by atoms with Crippen molar-refractivity contribution in [2.45, 2.75) is 143 Å². The number of likely N-dealkylation sites (N-methyl/N-ethyl adjacent to an activating group) is 1. The van der Waals surface area contributed by atoms with Gasteiger partial charge in [0.2, 0.25) is 29.5 Å². The first-order valence-corrected chi connectivity index (χ1v) is 19.5. The van der Waals surface area contributed by atoms with Crippen LogP contribution < -0.4 is 21.7 Å². The molecule has 0 radical (unpaired) electrons. The third-order valence-corrected chi connectivity index (χ3v) is 9.48. The standard InChI is InChI=1S/C38H71N5O10/c1-9-11-12-13-14-15-16-17-18-31(53-32(46)22-40-35(48)27(6)24-52-20-19-44)28(7)38(51)43(8)30(21-25(3)4)36(49)42-33(26(5)10-2)37(50)41-29(23-45)34(39)47/h25-31,33,44-45H,9-24H2,1-8H3,(H2,39,47)(H,40,48)(H,41,50)(H,42,49)/t26-,27-,28+,29-,30-,31+,33-/m0/s1. The summed E-state index contributed by atoms with van der Waals surface area (Å²) in [4.78, 5) is 79.6. The van der Waals surface area contributed by atoms with E-state index in [1.54, 1.807) is 20.8 Å². The molecule has 7 atom stereocenters. The van der Waals surface area contributed by atoms with Crippen LogP contribution in [-0.4, -0.2) is 115 Å². The lowest BCUT2D eigenvalue weighted by Crippen LogP contribution is -2.59. The van der Waals surface area contributed by atoms with Gasteiger partial charge in [-0.1, -0.05) is 99.8 Å². The highest BCUT2D eigenvalue weighted by atomic mass is 16.5. The van der Waals surface area contributed by atoms with Crippen LogP contribution in [0.1, 0.15) is 119 Å². The average Bonchev–Trinajstić information content (AvgIpc) is 3.12. The number of carbonyl (C=O) groups is 6. The number of aliphatic hydroxyl groups excluding tert-OH is 2. The minimum atomic E-state index is -1.33. The van der Waals surface area contributed by atoms with Gasteiger partial charge in [0.25, 0.3) is 0 Å². The molecule has 0 aliphatic carbocycles. The second-order valence-corrected chi connectivity index (χ2v) is 14.6. The first-order valence-electron chi connectivity index (χ1n) is 19.5. The summed E-state index contributed by atoms with van der Waals surface area (Å²) in [5, 5.41) is 26.1. The number of primary amides is 1. The van der Waals surface area contributed by atoms with E-state index >= 15 is 0 Å². The number of unbranched alkanes of at least 4 members (excludes halogenated alkanes) is 7. The summed E-state index contributed by atoms with van der Waals surface area (Å²) in [5.74, 6) is -5.52. The van der Waals surface area contributed by atoms with E-state index in [1.165, 1.54) is 31.2 Å². The van der Waals surface area contributed by atoms with E-state index in [-0.39, 0.29) is 38.1 Å². The number of nitrogens with one attached hydrogen (secondary N) is 3. The van der Waals surface area contributed by atoms with Crippen molar-refractivity contribution in [2.75, 3.05) is 40.0 Å². The molecule has 0 aliphatic rings. The van der Waals surface area contributed by atoms with E-state index in [4.69, 9.17) is 20.3 Å². The van der Waals surface area contributed by atoms with Crippen molar-refractivity contribution >= 4 is 35.5 Å². The largest absolute Gasteiger partial charge is 0.460 e. The second-order valence-electron chi connectivity index (χ2n) is 14.6. The number of hydrogen-bond acceptors (Lipinski definition) is 10. The van der Waals surface area contributed by atoms with E-state index in [2.05, 4.69) is 22.9 Å². The van der Waals surface area contributed by atoms with Crippen LogP contribution in [0.4, 0.5) is 0 Å². The molecule has 0 aliphatic heterocycles. The summed E-state index contributed by atoms with van der Waals surface area (Å²) < 4.78 is 11.0. The van der Waals surface area contributed by atoms with Crippen molar-refractivity contribution in [2.24, 2.45) is 29.4 Å². The van der Waals surface area contributed by atoms with Crippen LogP contribution in [0.5, 0.6) is 0 Å². The Morgan fingerprint density at radius 2 is 1.42 bits per heavy atom. The number of nitrogens with two attached hydrogens (primary N) is 1. The molecule has 0 spiro atoms. The lowest BCUT2D eigenvalue weighted by atomic mass is 9.94. The maximum absolute atomic E-state index is 14.1. The zero-order valence-corrected chi connectivity index (χ0v) is 33.6. The second kappa shape index (κ2) is 28.2. The molecule has 0 saturated carbocycles. The van der Waals surface area contributed by atoms with Crippen LogP contribution in [0.15, 0.2) is 0 Å². The van der Waals surface area contributed by atoms with Gasteiger partial charge in [-0.3, -0.25) is 28.8 Å². The van der Waals surface area contributed by atoms with Crippen molar-refractivity contribution in [1.29, 1.82) is 0 Å². The van der Waals surface area contributed by atoms with Gasteiger partial charge < -0.3 is 46.3 Å². The summed E-state index contributed by atoms with van der Waals surface area (Å²) in [7, 11) is 1.51. The Bertz CT molecular complexity index is 1110. The Hall–Kier alpha value is -3.30. The van der Waals surface area contributed by atoms with Crippen molar-refractivity contribution in [3.8, 4) is 0 Å². The summed E-state index contributed by atoms with van der Waals surface area (Å²) >= 11 is 0. The topological polar surface area (TPSA) is 227 Å². The van der Waals surface area contributed by atoms with Crippen LogP contribution >= 0.6 is 0 Å². The first-order chi connectivity index (χ1) is 25.0. The number of rotatable bonds is 30. The van der Waals surface area contributed by atoms with E-state index in [1.807, 2.05) is 20.8 Å². The summed E-state index contributed by atoms with van der Waals surface area (Å²) in [6, 6.07) is -3.39. The molecule has 0 aromatic heterocycles. The molecule has 15 nitrogen and oxygen atoms in total. The Balaban J connectivity index is 6.00. The molecule has 0 bridgehead atoms. The highest BCUT2D eigenvalue weighted by Gasteiger charge is 2.37. The lowest BCUT2D eigenvalue weighted by molar-refractivity contribution is -0.158. The Morgan fingerprint density at radius 1 is 0.811 bits per heavy atom. The van der Waals surface area contributed by atoms with Crippen molar-refractivity contribution in [3.05, 3.63) is 0 Å². The number of amides is 5. The first kappa shape index (κ1) is 49.7. The number of aliphatic hydroxyl groups is 2. The zero-order valence-electron chi connectivity index (χ0n) is 33.6. The SMILES string of the molecule is CCCCCCCCCC[C@@H](OC(=O)CNC(=O)[C@@H](C)COCCO)[C@@H](C)C(=O)N(C)[C@@H](CC(C)C)C(=O)N[C@H](C(=O)N[C@@H](CO)C(N)=O)[C@@H](C)CC. The molecule has 308 valence electrons. The van der Waals surface area contributed by atoms with Gasteiger partial charge >= 0.3 is 5.97 Å². The fourth-order valence-electron chi connectivity index (χ4n) is 5.78. The molecule has 0 unspecified atom stereocenters. The van der Waals surface area contributed by atoms with E-state index < -0.39 is 84.7 Å². The monoisotopic (exact) mass is 758 g/mol. The van der Waals surface area contributed by atoms with Gasteiger partial charge in [0.05, 0.1) is 38.3 Å². The molecule has 0 fully saturated rings. The maximum atomic E-state index is 14.1. The number of hydrogen-bond donors (Lipinski definition) is 6. The molecule has 5 amide bonds. The number of esters is 1. The zero-order chi connectivity index (χ0) is 40.5. The van der Waals surface area contributed by atoms with Crippen LogP contribution in [0.2, 0.25) is 0 Å². The van der Waals surface area contributed by atoms with Gasteiger partial charge in [0.15, 0.2) is 0 Å². The third kappa shape index (κ3) is 20.1. The smallest absolute Gasteiger partial charge is 0.325 e. The minimum absolute atomic E-state index is 0.0215. The number of carbonyl (C=O) groups excluding carboxylic acids is 6. The summed E-state index contributed by atoms with van der Waals surface area (Å²) in [6.45, 7) is 11.7. The molecule has 0 saturated heterocycles. The molecule has 0 aromatic carbocycles. The lowest BCUT2D eigenvalue weighted by Gasteiger charge is -2.34. The maximum Gasteiger partial charge on any atom is 0.325 e. The van der Waals surface area contributed by atoms with Crippen molar-refractivity contribution < 1.29 is 48.5 Å². The highest BCUT2D eigenvalue weighted by molar-refractivity contribution is 5.94. The Morgan fingerprint density at radius 3 is 1.94 bits per heavy atom. The molecule has 0 heterocycles. The van der Waals surface area contributed by atoms with Gasteiger partial charge in [-0.2, -0.15) is 0 Å². The predicted octanol–water partition coefficient (Wildman–Crippen LogP) is 2.19. The molecule has 53 heavy (non-hydrogen) atoms. The van der Waals surface area contributed by atoms with Crippen LogP contribution in [0, 0.1) is 23.7 Å². The Kier molecular flexibility index (Phi) is 26.4. The Labute approximate surface area is 317 Å². The summed E-state index contributed by atoms with van der Waals surface area (Å²) in [6.07, 6.45) is 8.78. The van der Waals surface area contributed by atoms with Gasteiger partial charge in [0, 0.05) is 7.05 Å². The van der Waals surface area contributed by atoms with E-state index in [0.717, 1.165) is 25.7 Å². The quantitative estimate of drug-likeness (QED) is 0.0463. The molecule has 0 aromatic rings. The molecule has 15 heteroatoms. The average molecular weight is 758 g/mol. The number of ether oxygens (including phenoxy) is 2. The van der Waals surface area contributed by atoms with Gasteiger partial charge in [-0.05, 0) is 31.1 Å². The molecule has 0 rings (SSSR count). The molecular weight excluding hydrogens is 686 g/mol. The van der Waals surface area contributed by atoms with Crippen molar-refractivity contribution in [3.63, 3.8) is 0 Å². The fraction of sp³-hybridized carbons (Fsp3) is 0.842. The van der Waals surface area contributed by atoms with Gasteiger partial charge in [-0.15, -0.1) is 0 Å². The van der Waals surface area contributed by atoms with Gasteiger partial charge in [0.1, 0.15) is 30.8 Å². The third-order valence-electron chi connectivity index (χ3n) is 9.48. The minimum Gasteiger partial charge on any atom is -0.460 e. The molecule has 7 N–H and O–H groups in total. The predicted molar refractivity (Wildman–Crippen MR) is 202 cm³/mol. The fourth-order valence-corrected chi connectivity index (χ4v) is 5.78.